The SMILES string of the molecule is CCC/C=C/c1ccc2c(c1)c(=O)n(CCC(C)=O)c(=O)n2Cc1c[nH]c2ccccc12. The number of hydrogen-bond donors (Lipinski definition) is 1. The van der Waals surface area contributed by atoms with Gasteiger partial charge >= 0.3 is 5.69 Å². The minimum Gasteiger partial charge on any atom is -0.361 e. The third-order valence-electron chi connectivity index (χ3n) is 5.71. The number of ketones is 1. The Morgan fingerprint density at radius 3 is 2.66 bits per heavy atom. The largest absolute Gasteiger partial charge is 0.361 e. The lowest BCUT2D eigenvalue weighted by atomic mass is 10.1. The summed E-state index contributed by atoms with van der Waals surface area (Å²) in [4.78, 5) is 41.4. The van der Waals surface area contributed by atoms with E-state index in [4.69, 9.17) is 0 Å². The fraction of sp³-hybridized carbons (Fsp3) is 0.269. The topological polar surface area (TPSA) is 76.9 Å². The number of nitrogens with one attached hydrogen (secondary N) is 1. The average Bonchev–Trinajstić information content (AvgIpc) is 3.19. The summed E-state index contributed by atoms with van der Waals surface area (Å²) in [5.74, 6) is -0.0594. The van der Waals surface area contributed by atoms with Crippen molar-refractivity contribution in [2.45, 2.75) is 46.2 Å². The molecule has 0 radical (unpaired) electrons. The van der Waals surface area contributed by atoms with Crippen LogP contribution >= 0.6 is 0 Å². The molecule has 0 aliphatic heterocycles. The number of aromatic nitrogens is 3. The zero-order valence-electron chi connectivity index (χ0n) is 18.4. The monoisotopic (exact) mass is 429 g/mol. The quantitative estimate of drug-likeness (QED) is 0.448. The second-order valence-corrected chi connectivity index (χ2v) is 8.10. The highest BCUT2D eigenvalue weighted by atomic mass is 16.2. The van der Waals surface area contributed by atoms with Gasteiger partial charge in [0.15, 0.2) is 0 Å². The predicted molar refractivity (Wildman–Crippen MR) is 129 cm³/mol. The molecule has 4 rings (SSSR count). The normalized spacial score (nSPS) is 11.7. The molecule has 164 valence electrons. The molecule has 4 aromatic rings. The molecular formula is C26H27N3O3. The number of benzene rings is 2. The van der Waals surface area contributed by atoms with Crippen molar-refractivity contribution in [3.05, 3.63) is 86.7 Å². The standard InChI is InChI=1S/C26H27N3O3/c1-3-4-5-8-19-11-12-24-22(15-19)25(31)28(14-13-18(2)30)26(32)29(24)17-20-16-27-23-10-7-6-9-21(20)23/h5-12,15-16,27H,3-4,13-14,17H2,1-2H3/b8-5+. The van der Waals surface area contributed by atoms with Crippen LogP contribution in [0.1, 0.15) is 44.2 Å². The van der Waals surface area contributed by atoms with Crippen molar-refractivity contribution in [2.24, 2.45) is 0 Å². The van der Waals surface area contributed by atoms with Crippen molar-refractivity contribution in [3.63, 3.8) is 0 Å². The molecule has 0 saturated carbocycles. The first kappa shape index (κ1) is 21.6. The molecule has 6 heteroatoms. The Morgan fingerprint density at radius 2 is 1.88 bits per heavy atom. The molecular weight excluding hydrogens is 402 g/mol. The lowest BCUT2D eigenvalue weighted by Crippen LogP contribution is -2.40. The molecule has 0 bridgehead atoms. The number of nitrogens with zero attached hydrogens (tertiary/aromatic N) is 2. The highest BCUT2D eigenvalue weighted by Gasteiger charge is 2.15. The van der Waals surface area contributed by atoms with Crippen LogP contribution < -0.4 is 11.2 Å². The number of allylic oxidation sites excluding steroid dienone is 1. The molecule has 0 spiro atoms. The van der Waals surface area contributed by atoms with Crippen LogP contribution in [-0.4, -0.2) is 19.9 Å². The third-order valence-corrected chi connectivity index (χ3v) is 5.71. The first-order valence-corrected chi connectivity index (χ1v) is 11.0. The molecule has 0 saturated heterocycles. The van der Waals surface area contributed by atoms with Crippen molar-refractivity contribution in [1.82, 2.24) is 14.1 Å². The number of rotatable bonds is 8. The number of hydrogen-bond acceptors (Lipinski definition) is 3. The van der Waals surface area contributed by atoms with Gasteiger partial charge < -0.3 is 4.98 Å². The summed E-state index contributed by atoms with van der Waals surface area (Å²) in [5.41, 5.74) is 2.71. The van der Waals surface area contributed by atoms with E-state index < -0.39 is 5.69 Å². The van der Waals surface area contributed by atoms with E-state index in [0.717, 1.165) is 34.9 Å². The van der Waals surface area contributed by atoms with Gasteiger partial charge in [-0.1, -0.05) is 49.8 Å². The summed E-state index contributed by atoms with van der Waals surface area (Å²) in [7, 11) is 0. The van der Waals surface area contributed by atoms with E-state index in [1.54, 1.807) is 4.57 Å². The molecule has 1 N–H and O–H groups in total. The van der Waals surface area contributed by atoms with Gasteiger partial charge in [0.25, 0.3) is 5.56 Å². The number of Topliss-reactive ketones (excluding diaryl/α,β-unsaturated/α-hetero) is 1. The second kappa shape index (κ2) is 9.22. The van der Waals surface area contributed by atoms with Gasteiger partial charge in [-0.05, 0) is 42.7 Å². The second-order valence-electron chi connectivity index (χ2n) is 8.10. The van der Waals surface area contributed by atoms with Crippen molar-refractivity contribution in [3.8, 4) is 0 Å². The average molecular weight is 430 g/mol. The minimum absolute atomic E-state index is 0.0594. The van der Waals surface area contributed by atoms with Gasteiger partial charge in [0.05, 0.1) is 17.4 Å². The smallest absolute Gasteiger partial charge is 0.331 e. The molecule has 0 aliphatic carbocycles. The molecule has 0 amide bonds. The summed E-state index contributed by atoms with van der Waals surface area (Å²) < 4.78 is 2.82. The number of carbonyl (C=O) groups is 1. The van der Waals surface area contributed by atoms with Gasteiger partial charge in [0.1, 0.15) is 5.78 Å². The van der Waals surface area contributed by atoms with Gasteiger partial charge in [-0.15, -0.1) is 0 Å². The summed E-state index contributed by atoms with van der Waals surface area (Å²) >= 11 is 0. The zero-order valence-corrected chi connectivity index (χ0v) is 18.4. The van der Waals surface area contributed by atoms with E-state index in [1.165, 1.54) is 11.5 Å². The maximum absolute atomic E-state index is 13.4. The summed E-state index contributed by atoms with van der Waals surface area (Å²) in [6, 6.07) is 13.5. The molecule has 6 nitrogen and oxygen atoms in total. The van der Waals surface area contributed by atoms with Crippen LogP contribution in [0.4, 0.5) is 0 Å². The van der Waals surface area contributed by atoms with E-state index in [0.29, 0.717) is 17.4 Å². The van der Waals surface area contributed by atoms with Crippen LogP contribution in [0.3, 0.4) is 0 Å². The van der Waals surface area contributed by atoms with Crippen LogP contribution in [0.5, 0.6) is 0 Å². The van der Waals surface area contributed by atoms with Gasteiger partial charge in [-0.25, -0.2) is 4.79 Å². The Morgan fingerprint density at radius 1 is 1.06 bits per heavy atom. The molecule has 0 aliphatic rings. The first-order valence-electron chi connectivity index (χ1n) is 11.0. The fourth-order valence-electron chi connectivity index (χ4n) is 3.98. The van der Waals surface area contributed by atoms with E-state index in [-0.39, 0.29) is 24.3 Å². The molecule has 32 heavy (non-hydrogen) atoms. The number of H-pyrrole nitrogens is 1. The van der Waals surface area contributed by atoms with Crippen LogP contribution in [0.15, 0.2) is 64.3 Å². The van der Waals surface area contributed by atoms with Crippen molar-refractivity contribution in [2.75, 3.05) is 0 Å². The highest BCUT2D eigenvalue weighted by Crippen LogP contribution is 2.20. The van der Waals surface area contributed by atoms with Gasteiger partial charge in [-0.2, -0.15) is 0 Å². The lowest BCUT2D eigenvalue weighted by molar-refractivity contribution is -0.117. The first-order chi connectivity index (χ1) is 15.5. The Bertz CT molecular complexity index is 1440. The van der Waals surface area contributed by atoms with E-state index in [9.17, 15) is 14.4 Å². The lowest BCUT2D eigenvalue weighted by Gasteiger charge is -2.14. The van der Waals surface area contributed by atoms with Crippen LogP contribution in [-0.2, 0) is 17.9 Å². The Labute approximate surface area is 185 Å². The molecule has 0 unspecified atom stereocenters. The molecule has 2 aromatic carbocycles. The number of fused-ring (bicyclic) bond motifs is 2. The zero-order chi connectivity index (χ0) is 22.7. The summed E-state index contributed by atoms with van der Waals surface area (Å²) in [6.07, 6.45) is 8.13. The Hall–Kier alpha value is -3.67. The molecule has 2 aromatic heterocycles. The summed E-state index contributed by atoms with van der Waals surface area (Å²) in [5, 5.41) is 1.51. The predicted octanol–water partition coefficient (Wildman–Crippen LogP) is 4.49. The van der Waals surface area contributed by atoms with Crippen LogP contribution in [0, 0.1) is 0 Å². The summed E-state index contributed by atoms with van der Waals surface area (Å²) in [6.45, 7) is 3.98. The van der Waals surface area contributed by atoms with E-state index in [1.807, 2.05) is 54.7 Å². The fourth-order valence-corrected chi connectivity index (χ4v) is 3.98. The van der Waals surface area contributed by atoms with Gasteiger partial charge in [0.2, 0.25) is 0 Å². The third kappa shape index (κ3) is 4.21. The van der Waals surface area contributed by atoms with Crippen molar-refractivity contribution in [1.29, 1.82) is 0 Å². The van der Waals surface area contributed by atoms with Crippen LogP contribution in [0.2, 0.25) is 0 Å². The maximum Gasteiger partial charge on any atom is 0.331 e. The number of carbonyl (C=O) groups excluding carboxylic acids is 1. The molecule has 0 fully saturated rings. The van der Waals surface area contributed by atoms with Crippen LogP contribution in [0.25, 0.3) is 27.9 Å². The minimum atomic E-state index is -0.400. The number of aromatic amines is 1. The van der Waals surface area contributed by atoms with E-state index >= 15 is 0 Å². The molecule has 2 heterocycles. The van der Waals surface area contributed by atoms with E-state index in [2.05, 4.69) is 18.0 Å². The van der Waals surface area contributed by atoms with Crippen molar-refractivity contribution < 1.29 is 4.79 Å². The Kier molecular flexibility index (Phi) is 6.21. The Balaban J connectivity index is 1.90. The maximum atomic E-state index is 13.4. The van der Waals surface area contributed by atoms with Crippen molar-refractivity contribution >= 4 is 33.7 Å². The van der Waals surface area contributed by atoms with Gasteiger partial charge in [-0.3, -0.25) is 18.7 Å². The molecule has 0 atom stereocenters. The number of para-hydroxylation sites is 1. The highest BCUT2D eigenvalue weighted by molar-refractivity contribution is 5.84. The van der Waals surface area contributed by atoms with Gasteiger partial charge in [0, 0.05) is 30.1 Å². The number of unbranched alkanes of at least 4 members (excludes halogenated alkanes) is 1.